The zero-order valence-electron chi connectivity index (χ0n) is 14.9. The molecule has 2 aromatic rings. The van der Waals surface area contributed by atoms with Crippen LogP contribution in [0, 0.1) is 0 Å². The number of hydrogen-bond donors (Lipinski definition) is 2. The molecule has 1 aromatic carbocycles. The van der Waals surface area contributed by atoms with Gasteiger partial charge in [-0.05, 0) is 38.4 Å². The highest BCUT2D eigenvalue weighted by Crippen LogP contribution is 2.24. The van der Waals surface area contributed by atoms with Crippen molar-refractivity contribution in [3.63, 3.8) is 0 Å². The maximum Gasteiger partial charge on any atom is 0.315 e. The summed E-state index contributed by atoms with van der Waals surface area (Å²) in [4.78, 5) is 14.8. The van der Waals surface area contributed by atoms with Crippen molar-refractivity contribution >= 4 is 6.03 Å². The molecule has 0 radical (unpaired) electrons. The van der Waals surface area contributed by atoms with Gasteiger partial charge in [0, 0.05) is 13.6 Å². The lowest BCUT2D eigenvalue weighted by Crippen LogP contribution is -2.42. The van der Waals surface area contributed by atoms with Crippen LogP contribution in [0.15, 0.2) is 36.7 Å². The molecule has 3 rings (SSSR count). The molecule has 7 heteroatoms. The number of carbonyl (C=O) groups excluding carboxylic acids is 1. The molecule has 7 nitrogen and oxygen atoms in total. The number of carbonyl (C=O) groups is 1. The van der Waals surface area contributed by atoms with Crippen LogP contribution >= 0.6 is 0 Å². The Hall–Kier alpha value is -2.41. The number of aryl methyl sites for hydroxylation is 1. The molecule has 2 N–H and O–H groups in total. The molecule has 2 atom stereocenters. The number of benzene rings is 1. The minimum atomic E-state index is -0.200. The van der Waals surface area contributed by atoms with E-state index in [4.69, 9.17) is 0 Å². The number of aromatic nitrogens is 3. The van der Waals surface area contributed by atoms with Crippen LogP contribution in [0.4, 0.5) is 4.79 Å². The monoisotopic (exact) mass is 342 g/mol. The van der Waals surface area contributed by atoms with E-state index in [1.807, 2.05) is 24.6 Å². The third kappa shape index (κ3) is 4.36. The van der Waals surface area contributed by atoms with Gasteiger partial charge in [0.05, 0.1) is 12.1 Å². The molecule has 1 saturated heterocycles. The van der Waals surface area contributed by atoms with Gasteiger partial charge >= 0.3 is 6.03 Å². The van der Waals surface area contributed by atoms with Crippen molar-refractivity contribution in [2.24, 2.45) is 7.05 Å². The molecule has 134 valence electrons. The van der Waals surface area contributed by atoms with Gasteiger partial charge in [0.2, 0.25) is 0 Å². The summed E-state index contributed by atoms with van der Waals surface area (Å²) in [7, 11) is 1.87. The van der Waals surface area contributed by atoms with Gasteiger partial charge < -0.3 is 15.2 Å². The first-order valence-electron chi connectivity index (χ1n) is 8.82. The number of amides is 2. The maximum absolute atomic E-state index is 12.3. The summed E-state index contributed by atoms with van der Waals surface area (Å²) < 4.78 is 1.81. The van der Waals surface area contributed by atoms with Crippen LogP contribution in [0.2, 0.25) is 0 Å². The Bertz CT molecular complexity index is 680. The SMILES string of the molecule is C[C@@H](NC(=O)NC[C@@H](c1ccccc1)N1CCCC1)c1nncn1C. The van der Waals surface area contributed by atoms with Gasteiger partial charge in [0.15, 0.2) is 5.82 Å². The Morgan fingerprint density at radius 2 is 1.96 bits per heavy atom. The van der Waals surface area contributed by atoms with Gasteiger partial charge in [-0.2, -0.15) is 0 Å². The van der Waals surface area contributed by atoms with Crippen LogP contribution in [0.5, 0.6) is 0 Å². The summed E-state index contributed by atoms with van der Waals surface area (Å²) in [5, 5.41) is 13.8. The molecule has 0 unspecified atom stereocenters. The number of likely N-dealkylation sites (tertiary alicyclic amines) is 1. The highest BCUT2D eigenvalue weighted by molar-refractivity contribution is 5.74. The second kappa shape index (κ2) is 8.11. The molecule has 1 aromatic heterocycles. The minimum absolute atomic E-state index is 0.185. The first kappa shape index (κ1) is 17.4. The van der Waals surface area contributed by atoms with Crippen LogP contribution in [0.3, 0.4) is 0 Å². The highest BCUT2D eigenvalue weighted by Gasteiger charge is 2.24. The van der Waals surface area contributed by atoms with E-state index in [0.29, 0.717) is 6.54 Å². The Morgan fingerprint density at radius 3 is 2.60 bits per heavy atom. The maximum atomic E-state index is 12.3. The molecule has 0 aliphatic carbocycles. The second-order valence-electron chi connectivity index (χ2n) is 6.55. The van der Waals surface area contributed by atoms with E-state index in [1.54, 1.807) is 6.33 Å². The summed E-state index contributed by atoms with van der Waals surface area (Å²) in [6, 6.07) is 10.2. The van der Waals surface area contributed by atoms with Crippen molar-refractivity contribution in [2.75, 3.05) is 19.6 Å². The molecule has 1 aliphatic rings. The predicted molar refractivity (Wildman–Crippen MR) is 95.9 cm³/mol. The Balaban J connectivity index is 1.59. The third-order valence-corrected chi connectivity index (χ3v) is 4.70. The van der Waals surface area contributed by atoms with Gasteiger partial charge in [0.25, 0.3) is 0 Å². The lowest BCUT2D eigenvalue weighted by Gasteiger charge is -2.28. The van der Waals surface area contributed by atoms with Gasteiger partial charge in [0.1, 0.15) is 6.33 Å². The molecular formula is C18H26N6O. The van der Waals surface area contributed by atoms with Crippen molar-refractivity contribution in [1.82, 2.24) is 30.3 Å². The summed E-state index contributed by atoms with van der Waals surface area (Å²) in [6.07, 6.45) is 4.07. The number of rotatable bonds is 6. The molecule has 2 heterocycles. The first-order valence-corrected chi connectivity index (χ1v) is 8.82. The van der Waals surface area contributed by atoms with Crippen LogP contribution in [-0.2, 0) is 7.05 Å². The Morgan fingerprint density at radius 1 is 1.24 bits per heavy atom. The molecule has 25 heavy (non-hydrogen) atoms. The van der Waals surface area contributed by atoms with Crippen LogP contribution in [-0.4, -0.2) is 45.3 Å². The average Bonchev–Trinajstić information content (AvgIpc) is 3.28. The Kier molecular flexibility index (Phi) is 5.65. The molecule has 0 spiro atoms. The molecule has 0 saturated carbocycles. The lowest BCUT2D eigenvalue weighted by molar-refractivity contribution is 0.218. The van der Waals surface area contributed by atoms with E-state index in [0.717, 1.165) is 18.9 Å². The Labute approximate surface area is 148 Å². The van der Waals surface area contributed by atoms with Gasteiger partial charge in [-0.25, -0.2) is 4.79 Å². The number of urea groups is 1. The van der Waals surface area contributed by atoms with Gasteiger partial charge in [-0.1, -0.05) is 30.3 Å². The van der Waals surface area contributed by atoms with Gasteiger partial charge in [-0.3, -0.25) is 4.90 Å². The third-order valence-electron chi connectivity index (χ3n) is 4.70. The predicted octanol–water partition coefficient (Wildman–Crippen LogP) is 2.01. The second-order valence-corrected chi connectivity index (χ2v) is 6.55. The van der Waals surface area contributed by atoms with Crippen molar-refractivity contribution in [2.45, 2.75) is 31.8 Å². The summed E-state index contributed by atoms with van der Waals surface area (Å²) in [6.45, 7) is 4.65. The van der Waals surface area contributed by atoms with Crippen molar-refractivity contribution in [3.8, 4) is 0 Å². The average molecular weight is 342 g/mol. The molecule has 0 bridgehead atoms. The molecule has 1 fully saturated rings. The number of hydrogen-bond acceptors (Lipinski definition) is 4. The van der Waals surface area contributed by atoms with E-state index >= 15 is 0 Å². The van der Waals surface area contributed by atoms with Crippen molar-refractivity contribution in [1.29, 1.82) is 0 Å². The van der Waals surface area contributed by atoms with Crippen LogP contribution in [0.1, 0.15) is 43.2 Å². The fraction of sp³-hybridized carbons (Fsp3) is 0.500. The molecule has 2 amide bonds. The van der Waals surface area contributed by atoms with E-state index in [9.17, 15) is 4.79 Å². The molecular weight excluding hydrogens is 316 g/mol. The van der Waals surface area contributed by atoms with Crippen LogP contribution in [0.25, 0.3) is 0 Å². The minimum Gasteiger partial charge on any atom is -0.336 e. The van der Waals surface area contributed by atoms with E-state index in [2.05, 4.69) is 50.0 Å². The fourth-order valence-electron chi connectivity index (χ4n) is 3.37. The summed E-state index contributed by atoms with van der Waals surface area (Å²) >= 11 is 0. The van der Waals surface area contributed by atoms with E-state index < -0.39 is 0 Å². The normalized spacial score (nSPS) is 17.2. The van der Waals surface area contributed by atoms with E-state index in [1.165, 1.54) is 18.4 Å². The zero-order chi connectivity index (χ0) is 17.6. The quantitative estimate of drug-likeness (QED) is 0.842. The van der Waals surface area contributed by atoms with Crippen molar-refractivity contribution in [3.05, 3.63) is 48.0 Å². The largest absolute Gasteiger partial charge is 0.336 e. The first-order chi connectivity index (χ1) is 12.1. The topological polar surface area (TPSA) is 75.1 Å². The standard InChI is InChI=1S/C18H26N6O/c1-14(17-22-20-13-23(17)2)21-18(25)19-12-16(24-10-6-7-11-24)15-8-4-3-5-9-15/h3-5,8-9,13-14,16H,6-7,10-12H2,1-2H3,(H2,19,21,25)/t14-,16+/m1/s1. The lowest BCUT2D eigenvalue weighted by atomic mass is 10.1. The summed E-state index contributed by atoms with van der Waals surface area (Å²) in [5.41, 5.74) is 1.24. The van der Waals surface area contributed by atoms with Gasteiger partial charge in [-0.15, -0.1) is 10.2 Å². The zero-order valence-corrected chi connectivity index (χ0v) is 14.9. The number of nitrogens with one attached hydrogen (secondary N) is 2. The van der Waals surface area contributed by atoms with E-state index in [-0.39, 0.29) is 18.1 Å². The fourth-order valence-corrected chi connectivity index (χ4v) is 3.37. The van der Waals surface area contributed by atoms with Crippen molar-refractivity contribution < 1.29 is 4.79 Å². The molecule has 1 aliphatic heterocycles. The van der Waals surface area contributed by atoms with Crippen LogP contribution < -0.4 is 10.6 Å². The smallest absolute Gasteiger partial charge is 0.315 e. The number of nitrogens with zero attached hydrogens (tertiary/aromatic N) is 4. The highest BCUT2D eigenvalue weighted by atomic mass is 16.2. The summed E-state index contributed by atoms with van der Waals surface area (Å²) in [5.74, 6) is 0.731.